The van der Waals surface area contributed by atoms with Gasteiger partial charge in [-0.3, -0.25) is 0 Å². The number of nitrogens with one attached hydrogen (secondary N) is 1. The van der Waals surface area contributed by atoms with Crippen LogP contribution >= 0.6 is 12.2 Å². The van der Waals surface area contributed by atoms with Crippen LogP contribution in [0.2, 0.25) is 0 Å². The van der Waals surface area contributed by atoms with Crippen LogP contribution in [0.1, 0.15) is 16.7 Å². The Morgan fingerprint density at radius 1 is 1.13 bits per heavy atom. The lowest BCUT2D eigenvalue weighted by Crippen LogP contribution is -1.89. The SMILES string of the molecule is Cc1cc(C)c(-c2coc(=S)[nH]2)c(C)c1. The van der Waals surface area contributed by atoms with E-state index in [1.807, 2.05) is 0 Å². The lowest BCUT2D eigenvalue weighted by Gasteiger charge is -2.08. The first kappa shape index (κ1) is 10.2. The summed E-state index contributed by atoms with van der Waals surface area (Å²) in [6.45, 7) is 6.29. The molecule has 0 atom stereocenters. The van der Waals surface area contributed by atoms with Crippen molar-refractivity contribution >= 4 is 12.2 Å². The van der Waals surface area contributed by atoms with Crippen LogP contribution in [-0.2, 0) is 0 Å². The summed E-state index contributed by atoms with van der Waals surface area (Å²) in [5, 5.41) is 0. The largest absolute Gasteiger partial charge is 0.437 e. The molecule has 2 rings (SSSR count). The summed E-state index contributed by atoms with van der Waals surface area (Å²) in [4.78, 5) is 3.46. The molecule has 0 saturated carbocycles. The van der Waals surface area contributed by atoms with E-state index < -0.39 is 0 Å². The molecule has 78 valence electrons. The first-order valence-electron chi connectivity index (χ1n) is 4.84. The third kappa shape index (κ3) is 1.88. The van der Waals surface area contributed by atoms with Crippen molar-refractivity contribution in [1.82, 2.24) is 4.98 Å². The molecule has 15 heavy (non-hydrogen) atoms. The Morgan fingerprint density at radius 2 is 1.73 bits per heavy atom. The summed E-state index contributed by atoms with van der Waals surface area (Å²) < 4.78 is 5.12. The summed E-state index contributed by atoms with van der Waals surface area (Å²) in [7, 11) is 0. The van der Waals surface area contributed by atoms with Gasteiger partial charge in [0.25, 0.3) is 4.84 Å². The number of oxazole rings is 1. The van der Waals surface area contributed by atoms with E-state index in [1.165, 1.54) is 22.3 Å². The molecular weight excluding hydrogens is 206 g/mol. The minimum Gasteiger partial charge on any atom is -0.437 e. The summed E-state index contributed by atoms with van der Waals surface area (Å²) in [5.41, 5.74) is 5.88. The minimum absolute atomic E-state index is 0.421. The second kappa shape index (κ2) is 3.66. The van der Waals surface area contributed by atoms with Crippen LogP contribution in [0.5, 0.6) is 0 Å². The average molecular weight is 219 g/mol. The van der Waals surface area contributed by atoms with Gasteiger partial charge in [-0.1, -0.05) is 17.7 Å². The van der Waals surface area contributed by atoms with Gasteiger partial charge in [-0.25, -0.2) is 0 Å². The van der Waals surface area contributed by atoms with Gasteiger partial charge in [-0.2, -0.15) is 0 Å². The van der Waals surface area contributed by atoms with Crippen molar-refractivity contribution in [2.24, 2.45) is 0 Å². The first-order chi connectivity index (χ1) is 7.08. The van der Waals surface area contributed by atoms with E-state index in [1.54, 1.807) is 6.26 Å². The second-order valence-corrected chi connectivity index (χ2v) is 4.21. The molecule has 2 aromatic rings. The fourth-order valence-electron chi connectivity index (χ4n) is 2.01. The first-order valence-corrected chi connectivity index (χ1v) is 5.25. The molecule has 0 unspecified atom stereocenters. The van der Waals surface area contributed by atoms with Crippen LogP contribution in [0.4, 0.5) is 0 Å². The third-order valence-corrected chi connectivity index (χ3v) is 2.67. The van der Waals surface area contributed by atoms with E-state index >= 15 is 0 Å². The fraction of sp³-hybridized carbons (Fsp3) is 0.250. The molecule has 2 nitrogen and oxygen atoms in total. The zero-order valence-corrected chi connectivity index (χ0v) is 9.87. The third-order valence-electron chi connectivity index (χ3n) is 2.47. The molecule has 0 amide bonds. The highest BCUT2D eigenvalue weighted by atomic mass is 32.1. The van der Waals surface area contributed by atoms with Crippen LogP contribution in [0, 0.1) is 25.6 Å². The molecule has 0 fully saturated rings. The van der Waals surface area contributed by atoms with Crippen molar-refractivity contribution in [3.05, 3.63) is 39.9 Å². The van der Waals surface area contributed by atoms with Crippen LogP contribution in [0.15, 0.2) is 22.8 Å². The van der Waals surface area contributed by atoms with E-state index in [4.69, 9.17) is 16.6 Å². The number of rotatable bonds is 1. The number of hydrogen-bond acceptors (Lipinski definition) is 2. The molecule has 1 aromatic carbocycles. The predicted octanol–water partition coefficient (Wildman–Crippen LogP) is 3.93. The van der Waals surface area contributed by atoms with E-state index in [-0.39, 0.29) is 0 Å². The molecule has 0 radical (unpaired) electrons. The number of H-pyrrole nitrogens is 1. The molecule has 1 aromatic heterocycles. The maximum atomic E-state index is 5.12. The van der Waals surface area contributed by atoms with Crippen LogP contribution in [-0.4, -0.2) is 4.98 Å². The van der Waals surface area contributed by atoms with E-state index in [0.717, 1.165) is 5.69 Å². The predicted molar refractivity (Wildman–Crippen MR) is 63.5 cm³/mol. The van der Waals surface area contributed by atoms with Gasteiger partial charge in [0.05, 0.1) is 5.69 Å². The molecule has 1 N–H and O–H groups in total. The Labute approximate surface area is 94.0 Å². The highest BCUT2D eigenvalue weighted by Crippen LogP contribution is 2.26. The van der Waals surface area contributed by atoms with Gasteiger partial charge in [0, 0.05) is 5.56 Å². The lowest BCUT2D eigenvalue weighted by atomic mass is 9.98. The molecule has 0 aliphatic heterocycles. The van der Waals surface area contributed by atoms with Gasteiger partial charge < -0.3 is 9.40 Å². The van der Waals surface area contributed by atoms with Gasteiger partial charge in [0.1, 0.15) is 6.26 Å². The zero-order valence-electron chi connectivity index (χ0n) is 9.05. The normalized spacial score (nSPS) is 10.6. The van der Waals surface area contributed by atoms with Crippen LogP contribution in [0.3, 0.4) is 0 Å². The monoisotopic (exact) mass is 219 g/mol. The van der Waals surface area contributed by atoms with Crippen LogP contribution in [0.25, 0.3) is 11.3 Å². The quantitative estimate of drug-likeness (QED) is 0.736. The zero-order chi connectivity index (χ0) is 11.0. The summed E-state index contributed by atoms with van der Waals surface area (Å²) in [6.07, 6.45) is 1.67. The maximum absolute atomic E-state index is 5.12. The van der Waals surface area contributed by atoms with E-state index in [2.05, 4.69) is 37.9 Å². The van der Waals surface area contributed by atoms with Crippen molar-refractivity contribution in [1.29, 1.82) is 0 Å². The van der Waals surface area contributed by atoms with E-state index in [9.17, 15) is 0 Å². The number of aromatic amines is 1. The summed E-state index contributed by atoms with van der Waals surface area (Å²) in [6, 6.07) is 4.32. The molecule has 0 aliphatic rings. The second-order valence-electron chi connectivity index (χ2n) is 3.84. The fourth-order valence-corrected chi connectivity index (χ4v) is 2.17. The Kier molecular flexibility index (Phi) is 2.49. The Bertz CT molecular complexity index is 528. The standard InChI is InChI=1S/C12H13NOS/c1-7-4-8(2)11(9(3)5-7)10-6-14-12(15)13-10/h4-6H,1-3H3,(H,13,15). The van der Waals surface area contributed by atoms with Crippen LogP contribution < -0.4 is 0 Å². The Balaban J connectivity index is 2.67. The van der Waals surface area contributed by atoms with Crippen molar-refractivity contribution in [2.45, 2.75) is 20.8 Å². The number of hydrogen-bond donors (Lipinski definition) is 1. The highest BCUT2D eigenvalue weighted by molar-refractivity contribution is 7.71. The van der Waals surface area contributed by atoms with E-state index in [0.29, 0.717) is 4.84 Å². The topological polar surface area (TPSA) is 28.9 Å². The molecule has 0 aliphatic carbocycles. The molecule has 0 spiro atoms. The van der Waals surface area contributed by atoms with Gasteiger partial charge in [0.15, 0.2) is 0 Å². The number of aryl methyl sites for hydroxylation is 3. The molecule has 0 bridgehead atoms. The smallest absolute Gasteiger partial charge is 0.266 e. The molecule has 1 heterocycles. The van der Waals surface area contributed by atoms with Crippen molar-refractivity contribution in [2.75, 3.05) is 0 Å². The lowest BCUT2D eigenvalue weighted by molar-refractivity contribution is 0.541. The summed E-state index contributed by atoms with van der Waals surface area (Å²) in [5.74, 6) is 0. The van der Waals surface area contributed by atoms with Gasteiger partial charge in [0.2, 0.25) is 0 Å². The minimum atomic E-state index is 0.421. The highest BCUT2D eigenvalue weighted by Gasteiger charge is 2.08. The number of benzene rings is 1. The maximum Gasteiger partial charge on any atom is 0.266 e. The summed E-state index contributed by atoms with van der Waals surface area (Å²) >= 11 is 4.92. The average Bonchev–Trinajstić information content (AvgIpc) is 2.49. The molecular formula is C12H13NOS. The van der Waals surface area contributed by atoms with Crippen molar-refractivity contribution < 1.29 is 4.42 Å². The molecule has 3 heteroatoms. The van der Waals surface area contributed by atoms with Crippen molar-refractivity contribution in [3.8, 4) is 11.3 Å². The van der Waals surface area contributed by atoms with Crippen molar-refractivity contribution in [3.63, 3.8) is 0 Å². The van der Waals surface area contributed by atoms with Gasteiger partial charge >= 0.3 is 0 Å². The number of aromatic nitrogens is 1. The van der Waals surface area contributed by atoms with Gasteiger partial charge in [-0.15, -0.1) is 0 Å². The molecule has 0 saturated heterocycles. The Hall–Kier alpha value is -1.35. The Morgan fingerprint density at radius 3 is 2.20 bits per heavy atom. The van der Waals surface area contributed by atoms with Gasteiger partial charge in [-0.05, 0) is 44.1 Å².